The van der Waals surface area contributed by atoms with Crippen molar-refractivity contribution in [1.82, 2.24) is 4.90 Å². The number of carbonyl (C=O) groups is 4. The molecule has 10 nitrogen and oxygen atoms in total. The van der Waals surface area contributed by atoms with Gasteiger partial charge in [0.25, 0.3) is 0 Å². The van der Waals surface area contributed by atoms with Gasteiger partial charge < -0.3 is 25.4 Å². The maximum Gasteiger partial charge on any atom is 0.420 e. The normalized spacial score (nSPS) is 12.3. The maximum atomic E-state index is 12.0. The van der Waals surface area contributed by atoms with E-state index in [4.69, 9.17) is 20.3 Å². The summed E-state index contributed by atoms with van der Waals surface area (Å²) < 4.78 is 9.45. The molecule has 4 N–H and O–H groups in total. The molecular weight excluding hydrogens is 388 g/mol. The first-order chi connectivity index (χ1) is 12.3. The van der Waals surface area contributed by atoms with Crippen molar-refractivity contribution in [2.75, 3.05) is 24.7 Å². The molecule has 0 aliphatic heterocycles. The fourth-order valence-electron chi connectivity index (χ4n) is 1.29. The molecule has 0 fully saturated rings. The smallest absolute Gasteiger partial charge is 0.420 e. The molecule has 2 atom stereocenters. The van der Waals surface area contributed by atoms with Gasteiger partial charge in [-0.05, 0) is 0 Å². The molecule has 12 heteroatoms. The van der Waals surface area contributed by atoms with Gasteiger partial charge in [-0.1, -0.05) is 46.9 Å². The van der Waals surface area contributed by atoms with Gasteiger partial charge in [0.2, 0.25) is 0 Å². The Balaban J connectivity index is 5.06. The molecule has 0 aromatic carbocycles. The maximum absolute atomic E-state index is 12.0. The highest BCUT2D eigenvalue weighted by Gasteiger charge is 2.37. The number of hydrogen-bond acceptors (Lipinski definition) is 9. The number of carboxylic acid groups (broad SMARTS) is 2. The summed E-state index contributed by atoms with van der Waals surface area (Å²) in [4.78, 5) is 46.5. The molecule has 1 unspecified atom stereocenters. The van der Waals surface area contributed by atoms with Crippen molar-refractivity contribution in [3.63, 3.8) is 0 Å². The number of hydrogen-bond donors (Lipinski definition) is 3. The second kappa shape index (κ2) is 13.1. The van der Waals surface area contributed by atoms with E-state index in [2.05, 4.69) is 13.2 Å². The number of aliphatic carboxylic acids is 2. The molecule has 0 aliphatic carbocycles. The molecule has 0 aromatic rings. The van der Waals surface area contributed by atoms with Crippen LogP contribution in [0.25, 0.3) is 0 Å². The van der Waals surface area contributed by atoms with Crippen LogP contribution >= 0.6 is 21.6 Å². The van der Waals surface area contributed by atoms with Crippen molar-refractivity contribution in [3.05, 3.63) is 25.3 Å². The molecule has 2 amide bonds. The van der Waals surface area contributed by atoms with Crippen LogP contribution in [0.4, 0.5) is 9.59 Å². The number of ether oxygens (including phenoxy) is 2. The summed E-state index contributed by atoms with van der Waals surface area (Å²) in [5.74, 6) is -2.89. The SMILES string of the molecule is C=CCOC(=O)N(C(=O)OCC=C)[C@@H](CSSCC(N)C(=O)O)C(=O)O. The number of nitrogens with zero attached hydrogens (tertiary/aromatic N) is 1. The van der Waals surface area contributed by atoms with Gasteiger partial charge >= 0.3 is 24.1 Å². The van der Waals surface area contributed by atoms with Crippen LogP contribution < -0.4 is 5.73 Å². The Labute approximate surface area is 157 Å². The quantitative estimate of drug-likeness (QED) is 0.242. The van der Waals surface area contributed by atoms with E-state index in [9.17, 15) is 24.3 Å². The van der Waals surface area contributed by atoms with Gasteiger partial charge in [0.1, 0.15) is 19.3 Å². The zero-order valence-electron chi connectivity index (χ0n) is 13.7. The standard InChI is InChI=1S/C14H20N2O8S2/c1-3-5-23-13(21)16(14(22)24-6-4-2)10(12(19)20)8-26-25-7-9(15)11(17)18/h3-4,9-10H,1-2,5-8,15H2,(H,17,18)(H,19,20)/t9?,10-/m0/s1. The van der Waals surface area contributed by atoms with E-state index in [0.717, 1.165) is 21.6 Å². The minimum absolute atomic E-state index is 0.00810. The lowest BCUT2D eigenvalue weighted by Crippen LogP contribution is -2.50. The van der Waals surface area contributed by atoms with Gasteiger partial charge in [0.15, 0.2) is 6.04 Å². The topological polar surface area (TPSA) is 156 Å². The zero-order valence-corrected chi connectivity index (χ0v) is 15.4. The van der Waals surface area contributed by atoms with E-state index < -0.39 is 36.2 Å². The summed E-state index contributed by atoms with van der Waals surface area (Å²) in [5.41, 5.74) is 5.33. The lowest BCUT2D eigenvalue weighted by Gasteiger charge is -2.25. The summed E-state index contributed by atoms with van der Waals surface area (Å²) in [6.45, 7) is 6.24. The Hall–Kier alpha value is -2.18. The molecule has 0 heterocycles. The number of rotatable bonds is 12. The summed E-state index contributed by atoms with van der Waals surface area (Å²) in [7, 11) is 1.94. The highest BCUT2D eigenvalue weighted by molar-refractivity contribution is 8.76. The van der Waals surface area contributed by atoms with E-state index >= 15 is 0 Å². The van der Waals surface area contributed by atoms with E-state index in [0.29, 0.717) is 4.90 Å². The van der Waals surface area contributed by atoms with Crippen molar-refractivity contribution in [3.8, 4) is 0 Å². The van der Waals surface area contributed by atoms with Gasteiger partial charge in [-0.15, -0.1) is 0 Å². The van der Waals surface area contributed by atoms with Crippen LogP contribution in [0.1, 0.15) is 0 Å². The van der Waals surface area contributed by atoms with Crippen LogP contribution in [0, 0.1) is 0 Å². The van der Waals surface area contributed by atoms with Crippen LogP contribution in [0.15, 0.2) is 25.3 Å². The molecule has 0 bridgehead atoms. The zero-order chi connectivity index (χ0) is 20.1. The van der Waals surface area contributed by atoms with Crippen molar-refractivity contribution >= 4 is 45.7 Å². The molecule has 0 rings (SSSR count). The molecule has 0 aliphatic rings. The number of carboxylic acids is 2. The third kappa shape index (κ3) is 8.78. The number of nitrogens with two attached hydrogens (primary N) is 1. The Kier molecular flexibility index (Phi) is 12.0. The first kappa shape index (κ1) is 23.8. The van der Waals surface area contributed by atoms with Gasteiger partial charge in [0, 0.05) is 11.5 Å². The number of imide groups is 1. The van der Waals surface area contributed by atoms with E-state index in [1.807, 2.05) is 0 Å². The number of carbonyl (C=O) groups excluding carboxylic acids is 2. The molecule has 0 radical (unpaired) electrons. The summed E-state index contributed by atoms with van der Waals surface area (Å²) in [6, 6.07) is -2.72. The van der Waals surface area contributed by atoms with Crippen LogP contribution in [-0.4, -0.2) is 76.0 Å². The van der Waals surface area contributed by atoms with Crippen LogP contribution in [-0.2, 0) is 19.1 Å². The van der Waals surface area contributed by atoms with Crippen LogP contribution in [0.5, 0.6) is 0 Å². The van der Waals surface area contributed by atoms with E-state index in [1.165, 1.54) is 12.2 Å². The van der Waals surface area contributed by atoms with Crippen LogP contribution in [0.3, 0.4) is 0 Å². The van der Waals surface area contributed by atoms with Crippen molar-refractivity contribution in [1.29, 1.82) is 0 Å². The van der Waals surface area contributed by atoms with Gasteiger partial charge in [-0.2, -0.15) is 4.90 Å². The fraction of sp³-hybridized carbons (Fsp3) is 0.429. The summed E-state index contributed by atoms with van der Waals surface area (Å²) in [5, 5.41) is 18.0. The largest absolute Gasteiger partial charge is 0.480 e. The third-order valence-electron chi connectivity index (χ3n) is 2.51. The average molecular weight is 408 g/mol. The Morgan fingerprint density at radius 1 is 0.962 bits per heavy atom. The van der Waals surface area contributed by atoms with Gasteiger partial charge in [-0.25, -0.2) is 14.4 Å². The minimum atomic E-state index is -1.59. The van der Waals surface area contributed by atoms with Crippen molar-refractivity contribution < 1.29 is 38.9 Å². The third-order valence-corrected chi connectivity index (χ3v) is 4.94. The minimum Gasteiger partial charge on any atom is -0.480 e. The Morgan fingerprint density at radius 2 is 1.42 bits per heavy atom. The fourth-order valence-corrected chi connectivity index (χ4v) is 3.60. The highest BCUT2D eigenvalue weighted by atomic mass is 33.1. The van der Waals surface area contributed by atoms with Crippen LogP contribution in [0.2, 0.25) is 0 Å². The van der Waals surface area contributed by atoms with Crippen molar-refractivity contribution in [2.24, 2.45) is 5.73 Å². The molecule has 146 valence electrons. The van der Waals surface area contributed by atoms with E-state index in [-0.39, 0.29) is 24.7 Å². The molecule has 0 saturated heterocycles. The monoisotopic (exact) mass is 408 g/mol. The average Bonchev–Trinajstić information content (AvgIpc) is 2.59. The first-order valence-corrected chi connectivity index (χ1v) is 9.55. The molecule has 26 heavy (non-hydrogen) atoms. The van der Waals surface area contributed by atoms with E-state index in [1.54, 1.807) is 0 Å². The molecule has 0 aromatic heterocycles. The Morgan fingerprint density at radius 3 is 1.81 bits per heavy atom. The lowest BCUT2D eigenvalue weighted by atomic mass is 10.3. The second-order valence-corrected chi connectivity index (χ2v) is 7.02. The van der Waals surface area contributed by atoms with Gasteiger partial charge in [-0.3, -0.25) is 4.79 Å². The molecule has 0 saturated carbocycles. The number of amides is 2. The lowest BCUT2D eigenvalue weighted by molar-refractivity contribution is -0.141. The van der Waals surface area contributed by atoms with Gasteiger partial charge in [0.05, 0.1) is 0 Å². The first-order valence-electron chi connectivity index (χ1n) is 7.06. The molecule has 0 spiro atoms. The molecular formula is C14H20N2O8S2. The predicted octanol–water partition coefficient (Wildman–Crippen LogP) is 1.18. The highest BCUT2D eigenvalue weighted by Crippen LogP contribution is 2.25. The Bertz CT molecular complexity index is 519. The second-order valence-electron chi connectivity index (χ2n) is 4.47. The summed E-state index contributed by atoms with van der Waals surface area (Å²) in [6.07, 6.45) is 0.0795. The summed E-state index contributed by atoms with van der Waals surface area (Å²) >= 11 is 0. The van der Waals surface area contributed by atoms with Crippen molar-refractivity contribution in [2.45, 2.75) is 12.1 Å². The predicted molar refractivity (Wildman–Crippen MR) is 96.9 cm³/mol.